The monoisotopic (exact) mass is 299 g/mol. The lowest BCUT2D eigenvalue weighted by molar-refractivity contribution is 0.145. The molecule has 1 aromatic heterocycles. The van der Waals surface area contributed by atoms with Crippen LogP contribution in [-0.4, -0.2) is 22.3 Å². The number of hydrogen-bond donors (Lipinski definition) is 1. The molecule has 0 fully saturated rings. The smallest absolute Gasteiger partial charge is 0.280 e. The molecule has 0 bridgehead atoms. The zero-order chi connectivity index (χ0) is 14.5. The van der Waals surface area contributed by atoms with Crippen LogP contribution in [0, 0.1) is 5.82 Å². The number of halogens is 3. The topological polar surface area (TPSA) is 51.8 Å². The second kappa shape index (κ2) is 6.71. The molecule has 0 amide bonds. The maximum atomic E-state index is 12.9. The van der Waals surface area contributed by atoms with Crippen molar-refractivity contribution in [2.75, 3.05) is 12.3 Å². The lowest BCUT2D eigenvalue weighted by Gasteiger charge is -2.07. The summed E-state index contributed by atoms with van der Waals surface area (Å²) in [5, 5.41) is 0.243. The molecule has 7 heteroatoms. The van der Waals surface area contributed by atoms with Gasteiger partial charge in [-0.2, -0.15) is 0 Å². The van der Waals surface area contributed by atoms with Crippen molar-refractivity contribution < 1.29 is 13.2 Å². The first-order valence-electron chi connectivity index (χ1n) is 5.86. The van der Waals surface area contributed by atoms with E-state index >= 15 is 0 Å². The normalized spacial score (nSPS) is 11.1. The third-order valence-corrected chi connectivity index (χ3v) is 3.32. The van der Waals surface area contributed by atoms with Crippen LogP contribution in [0.1, 0.15) is 12.1 Å². The van der Waals surface area contributed by atoms with Crippen molar-refractivity contribution in [3.8, 4) is 11.3 Å². The SMILES string of the molecule is NCCSc1nc(-c2ccc(F)cc2)cc(C(F)F)n1. The lowest BCUT2D eigenvalue weighted by Crippen LogP contribution is -2.03. The molecule has 0 unspecified atom stereocenters. The van der Waals surface area contributed by atoms with Crippen molar-refractivity contribution >= 4 is 11.8 Å². The molecule has 0 saturated carbocycles. The van der Waals surface area contributed by atoms with Crippen molar-refractivity contribution in [2.24, 2.45) is 5.73 Å². The zero-order valence-electron chi connectivity index (χ0n) is 10.4. The summed E-state index contributed by atoms with van der Waals surface area (Å²) in [6.07, 6.45) is -2.69. The summed E-state index contributed by atoms with van der Waals surface area (Å²) in [6.45, 7) is 0.402. The summed E-state index contributed by atoms with van der Waals surface area (Å²) >= 11 is 1.21. The molecule has 2 aromatic rings. The van der Waals surface area contributed by atoms with Gasteiger partial charge in [0.2, 0.25) is 0 Å². The van der Waals surface area contributed by atoms with E-state index in [-0.39, 0.29) is 10.9 Å². The first kappa shape index (κ1) is 14.8. The molecule has 1 aromatic carbocycles. The lowest BCUT2D eigenvalue weighted by atomic mass is 10.1. The Morgan fingerprint density at radius 2 is 1.85 bits per heavy atom. The molecule has 1 heterocycles. The van der Waals surface area contributed by atoms with Crippen LogP contribution in [0.25, 0.3) is 11.3 Å². The summed E-state index contributed by atoms with van der Waals surface area (Å²) in [6, 6.07) is 6.71. The molecule has 2 N–H and O–H groups in total. The number of alkyl halides is 2. The van der Waals surface area contributed by atoms with E-state index in [0.29, 0.717) is 23.6 Å². The number of nitrogens with two attached hydrogens (primary N) is 1. The fourth-order valence-corrected chi connectivity index (χ4v) is 2.17. The third kappa shape index (κ3) is 3.71. The summed E-state index contributed by atoms with van der Waals surface area (Å²) in [5.41, 5.74) is 5.93. The Hall–Kier alpha value is -1.60. The van der Waals surface area contributed by atoms with E-state index in [0.717, 1.165) is 0 Å². The minimum atomic E-state index is -2.69. The van der Waals surface area contributed by atoms with Crippen molar-refractivity contribution in [1.82, 2.24) is 9.97 Å². The van der Waals surface area contributed by atoms with Gasteiger partial charge < -0.3 is 5.73 Å². The standard InChI is InChI=1S/C13H12F3N3S/c14-9-3-1-8(2-4-9)10-7-11(12(15)16)19-13(18-10)20-6-5-17/h1-4,7,12H,5-6,17H2. The Morgan fingerprint density at radius 1 is 1.15 bits per heavy atom. The molecule has 0 aliphatic rings. The average Bonchev–Trinajstić information content (AvgIpc) is 2.45. The van der Waals surface area contributed by atoms with Crippen LogP contribution < -0.4 is 5.73 Å². The van der Waals surface area contributed by atoms with Gasteiger partial charge in [-0.25, -0.2) is 23.1 Å². The Morgan fingerprint density at radius 3 is 2.45 bits per heavy atom. The zero-order valence-corrected chi connectivity index (χ0v) is 11.2. The van der Waals surface area contributed by atoms with E-state index in [4.69, 9.17) is 5.73 Å². The number of thioether (sulfide) groups is 1. The van der Waals surface area contributed by atoms with E-state index < -0.39 is 12.2 Å². The number of aromatic nitrogens is 2. The highest BCUT2D eigenvalue weighted by Gasteiger charge is 2.14. The molecule has 3 nitrogen and oxygen atoms in total. The van der Waals surface area contributed by atoms with E-state index in [1.165, 1.54) is 42.1 Å². The van der Waals surface area contributed by atoms with Crippen molar-refractivity contribution in [2.45, 2.75) is 11.6 Å². The molecule has 106 valence electrons. The Labute approximate surface area is 118 Å². The Bertz CT molecular complexity index is 576. The van der Waals surface area contributed by atoms with Gasteiger partial charge in [0.25, 0.3) is 6.43 Å². The number of nitrogens with zero attached hydrogens (tertiary/aromatic N) is 2. The van der Waals surface area contributed by atoms with E-state index in [9.17, 15) is 13.2 Å². The van der Waals surface area contributed by atoms with Gasteiger partial charge in [0.15, 0.2) is 5.16 Å². The minimum Gasteiger partial charge on any atom is -0.330 e. The van der Waals surface area contributed by atoms with E-state index in [1.807, 2.05) is 0 Å². The molecule has 0 aliphatic carbocycles. The van der Waals surface area contributed by atoms with Gasteiger partial charge in [-0.1, -0.05) is 11.8 Å². The number of benzene rings is 1. The van der Waals surface area contributed by atoms with Gasteiger partial charge in [0.05, 0.1) is 5.69 Å². The van der Waals surface area contributed by atoms with Crippen LogP contribution in [0.2, 0.25) is 0 Å². The van der Waals surface area contributed by atoms with Crippen molar-refractivity contribution in [3.05, 3.63) is 41.8 Å². The van der Waals surface area contributed by atoms with Gasteiger partial charge in [-0.05, 0) is 30.3 Å². The highest BCUT2D eigenvalue weighted by atomic mass is 32.2. The van der Waals surface area contributed by atoms with E-state index in [1.54, 1.807) is 0 Å². The second-order valence-electron chi connectivity index (χ2n) is 3.91. The molecule has 0 saturated heterocycles. The molecule has 0 spiro atoms. The van der Waals surface area contributed by atoms with Gasteiger partial charge in [-0.3, -0.25) is 0 Å². The van der Waals surface area contributed by atoms with Crippen LogP contribution in [0.4, 0.5) is 13.2 Å². The highest BCUT2D eigenvalue weighted by Crippen LogP contribution is 2.26. The average molecular weight is 299 g/mol. The molecule has 0 aliphatic heterocycles. The van der Waals surface area contributed by atoms with Crippen LogP contribution >= 0.6 is 11.8 Å². The van der Waals surface area contributed by atoms with Gasteiger partial charge in [-0.15, -0.1) is 0 Å². The fraction of sp³-hybridized carbons (Fsp3) is 0.231. The predicted octanol–water partition coefficient (Wildman–Crippen LogP) is 3.27. The first-order chi connectivity index (χ1) is 9.60. The molecule has 0 radical (unpaired) electrons. The van der Waals surface area contributed by atoms with Crippen LogP contribution in [-0.2, 0) is 0 Å². The second-order valence-corrected chi connectivity index (χ2v) is 4.97. The quantitative estimate of drug-likeness (QED) is 0.680. The molecule has 20 heavy (non-hydrogen) atoms. The van der Waals surface area contributed by atoms with Crippen LogP contribution in [0.5, 0.6) is 0 Å². The van der Waals surface area contributed by atoms with Crippen LogP contribution in [0.15, 0.2) is 35.5 Å². The fourth-order valence-electron chi connectivity index (χ4n) is 1.54. The van der Waals surface area contributed by atoms with Crippen molar-refractivity contribution in [1.29, 1.82) is 0 Å². The molecular formula is C13H12F3N3S. The first-order valence-corrected chi connectivity index (χ1v) is 6.84. The largest absolute Gasteiger partial charge is 0.330 e. The Kier molecular flexibility index (Phi) is 4.97. The summed E-state index contributed by atoms with van der Waals surface area (Å²) in [4.78, 5) is 7.98. The maximum Gasteiger partial charge on any atom is 0.280 e. The number of hydrogen-bond acceptors (Lipinski definition) is 4. The molecule has 0 atom stereocenters. The van der Waals surface area contributed by atoms with Gasteiger partial charge in [0, 0.05) is 17.9 Å². The summed E-state index contributed by atoms with van der Waals surface area (Å²) in [7, 11) is 0. The van der Waals surface area contributed by atoms with Gasteiger partial charge >= 0.3 is 0 Å². The van der Waals surface area contributed by atoms with Crippen LogP contribution in [0.3, 0.4) is 0 Å². The minimum absolute atomic E-state index is 0.243. The molecular weight excluding hydrogens is 287 g/mol. The summed E-state index contributed by atoms with van der Waals surface area (Å²) in [5.74, 6) is 0.143. The van der Waals surface area contributed by atoms with Gasteiger partial charge in [0.1, 0.15) is 11.5 Å². The summed E-state index contributed by atoms with van der Waals surface area (Å²) < 4.78 is 38.6. The highest BCUT2D eigenvalue weighted by molar-refractivity contribution is 7.99. The predicted molar refractivity (Wildman–Crippen MR) is 72.2 cm³/mol. The maximum absolute atomic E-state index is 12.9. The van der Waals surface area contributed by atoms with E-state index in [2.05, 4.69) is 9.97 Å². The Balaban J connectivity index is 2.40. The van der Waals surface area contributed by atoms with Crippen molar-refractivity contribution in [3.63, 3.8) is 0 Å². The third-order valence-electron chi connectivity index (χ3n) is 2.44. The molecule has 2 rings (SSSR count). The number of rotatable bonds is 5.